The lowest BCUT2D eigenvalue weighted by Gasteiger charge is -2.20. The van der Waals surface area contributed by atoms with Gasteiger partial charge in [0.25, 0.3) is 0 Å². The van der Waals surface area contributed by atoms with Gasteiger partial charge in [0.2, 0.25) is 11.7 Å². The molecule has 0 aliphatic carbocycles. The van der Waals surface area contributed by atoms with E-state index in [0.29, 0.717) is 18.3 Å². The predicted molar refractivity (Wildman–Crippen MR) is 76.3 cm³/mol. The minimum absolute atomic E-state index is 0.0998. The van der Waals surface area contributed by atoms with Crippen LogP contribution in [0, 0.1) is 0 Å². The number of ether oxygens (including phenoxy) is 2. The normalized spacial score (nSPS) is 18.6. The average molecular weight is 289 g/mol. The fraction of sp³-hybridized carbons (Fsp3) is 0.467. The van der Waals surface area contributed by atoms with Crippen molar-refractivity contribution in [3.05, 3.63) is 41.5 Å². The van der Waals surface area contributed by atoms with E-state index in [1.54, 1.807) is 7.11 Å². The molecular formula is C15H19N3O3. The molecule has 0 radical (unpaired) electrons. The van der Waals surface area contributed by atoms with Gasteiger partial charge < -0.3 is 19.3 Å². The quantitative estimate of drug-likeness (QED) is 0.900. The second-order valence-electron chi connectivity index (χ2n) is 4.96. The van der Waals surface area contributed by atoms with E-state index in [0.717, 1.165) is 31.7 Å². The van der Waals surface area contributed by atoms with Crippen LogP contribution in [-0.2, 0) is 17.6 Å². The van der Waals surface area contributed by atoms with Crippen molar-refractivity contribution in [2.24, 2.45) is 0 Å². The van der Waals surface area contributed by atoms with E-state index < -0.39 is 0 Å². The highest BCUT2D eigenvalue weighted by Crippen LogP contribution is 2.17. The zero-order chi connectivity index (χ0) is 14.5. The van der Waals surface area contributed by atoms with Crippen LogP contribution in [0.3, 0.4) is 0 Å². The van der Waals surface area contributed by atoms with Gasteiger partial charge >= 0.3 is 0 Å². The summed E-state index contributed by atoms with van der Waals surface area (Å²) < 4.78 is 16.0. The van der Waals surface area contributed by atoms with Crippen LogP contribution in [0.5, 0.6) is 5.75 Å². The number of rotatable bonds is 5. The molecule has 1 atom stereocenters. The average Bonchev–Trinajstić information content (AvgIpc) is 3.03. The maximum Gasteiger partial charge on any atom is 0.227 e. The third kappa shape index (κ3) is 3.59. The Kier molecular flexibility index (Phi) is 4.47. The molecule has 0 saturated carbocycles. The Balaban J connectivity index is 1.56. The lowest BCUT2D eigenvalue weighted by molar-refractivity contribution is 0.0208. The van der Waals surface area contributed by atoms with E-state index in [4.69, 9.17) is 14.0 Å². The van der Waals surface area contributed by atoms with Gasteiger partial charge in [0.1, 0.15) is 11.9 Å². The maximum atomic E-state index is 5.60. The minimum Gasteiger partial charge on any atom is -0.497 e. The van der Waals surface area contributed by atoms with Gasteiger partial charge in [-0.3, -0.25) is 0 Å². The number of aryl methyl sites for hydroxylation is 2. The van der Waals surface area contributed by atoms with Crippen molar-refractivity contribution in [3.63, 3.8) is 0 Å². The molecule has 1 aromatic carbocycles. The van der Waals surface area contributed by atoms with Gasteiger partial charge in [-0.25, -0.2) is 0 Å². The SMILES string of the molecule is COc1ccc(CCc2nc(C3CNCCO3)no2)cc1. The summed E-state index contributed by atoms with van der Waals surface area (Å²) in [6.07, 6.45) is 1.48. The number of morpholine rings is 1. The molecule has 21 heavy (non-hydrogen) atoms. The van der Waals surface area contributed by atoms with E-state index in [2.05, 4.69) is 15.5 Å². The standard InChI is InChI=1S/C15H19N3O3/c1-19-12-5-2-11(3-6-12)4-7-14-17-15(18-21-14)13-10-16-8-9-20-13/h2-3,5-6,13,16H,4,7-10H2,1H3. The first-order valence-corrected chi connectivity index (χ1v) is 7.13. The van der Waals surface area contributed by atoms with Crippen molar-refractivity contribution in [2.45, 2.75) is 18.9 Å². The fourth-order valence-corrected chi connectivity index (χ4v) is 2.28. The summed E-state index contributed by atoms with van der Waals surface area (Å²) in [6, 6.07) is 8.00. The number of hydrogen-bond acceptors (Lipinski definition) is 6. The molecular weight excluding hydrogens is 270 g/mol. The van der Waals surface area contributed by atoms with E-state index in [1.807, 2.05) is 24.3 Å². The molecule has 0 amide bonds. The summed E-state index contributed by atoms with van der Waals surface area (Å²) in [5.74, 6) is 2.14. The fourth-order valence-electron chi connectivity index (χ4n) is 2.28. The zero-order valence-corrected chi connectivity index (χ0v) is 12.0. The maximum absolute atomic E-state index is 5.60. The summed E-state index contributed by atoms with van der Waals surface area (Å²) in [4.78, 5) is 4.42. The number of nitrogens with one attached hydrogen (secondary N) is 1. The van der Waals surface area contributed by atoms with Gasteiger partial charge in [-0.15, -0.1) is 0 Å². The van der Waals surface area contributed by atoms with Gasteiger partial charge in [0.15, 0.2) is 0 Å². The monoisotopic (exact) mass is 289 g/mol. The van der Waals surface area contributed by atoms with Gasteiger partial charge in [-0.05, 0) is 24.1 Å². The van der Waals surface area contributed by atoms with Gasteiger partial charge in [-0.1, -0.05) is 17.3 Å². The summed E-state index contributed by atoms with van der Waals surface area (Å²) in [5, 5.41) is 7.26. The Hall–Kier alpha value is -1.92. The van der Waals surface area contributed by atoms with Crippen LogP contribution >= 0.6 is 0 Å². The van der Waals surface area contributed by atoms with Crippen LogP contribution in [-0.4, -0.2) is 36.9 Å². The molecule has 1 unspecified atom stereocenters. The van der Waals surface area contributed by atoms with Crippen LogP contribution in [0.25, 0.3) is 0 Å². The molecule has 1 aromatic heterocycles. The van der Waals surface area contributed by atoms with Crippen LogP contribution in [0.15, 0.2) is 28.8 Å². The molecule has 1 aliphatic heterocycles. The summed E-state index contributed by atoms with van der Waals surface area (Å²) >= 11 is 0. The first kappa shape index (κ1) is 14.0. The molecule has 0 bridgehead atoms. The van der Waals surface area contributed by atoms with Crippen molar-refractivity contribution in [1.82, 2.24) is 15.5 Å². The number of nitrogens with zero attached hydrogens (tertiary/aromatic N) is 2. The minimum atomic E-state index is -0.0998. The Morgan fingerprint density at radius 2 is 2.14 bits per heavy atom. The highest BCUT2D eigenvalue weighted by molar-refractivity contribution is 5.27. The molecule has 1 saturated heterocycles. The highest BCUT2D eigenvalue weighted by Gasteiger charge is 2.21. The molecule has 6 nitrogen and oxygen atoms in total. The molecule has 112 valence electrons. The second kappa shape index (κ2) is 6.69. The third-order valence-corrected chi connectivity index (χ3v) is 3.49. The van der Waals surface area contributed by atoms with E-state index in [9.17, 15) is 0 Å². The third-order valence-electron chi connectivity index (χ3n) is 3.49. The van der Waals surface area contributed by atoms with E-state index >= 15 is 0 Å². The largest absolute Gasteiger partial charge is 0.497 e. The van der Waals surface area contributed by atoms with Crippen molar-refractivity contribution < 1.29 is 14.0 Å². The topological polar surface area (TPSA) is 69.4 Å². The van der Waals surface area contributed by atoms with Crippen molar-refractivity contribution in [2.75, 3.05) is 26.8 Å². The van der Waals surface area contributed by atoms with Gasteiger partial charge in [0.05, 0.1) is 13.7 Å². The molecule has 0 spiro atoms. The van der Waals surface area contributed by atoms with Gasteiger partial charge in [0, 0.05) is 19.5 Å². The Morgan fingerprint density at radius 1 is 1.29 bits per heavy atom. The Bertz CT molecular complexity index is 562. The highest BCUT2D eigenvalue weighted by atomic mass is 16.5. The number of methoxy groups -OCH3 is 1. The summed E-state index contributed by atoms with van der Waals surface area (Å²) in [5.41, 5.74) is 1.21. The van der Waals surface area contributed by atoms with Crippen LogP contribution in [0.4, 0.5) is 0 Å². The Morgan fingerprint density at radius 3 is 2.86 bits per heavy atom. The number of aromatic nitrogens is 2. The smallest absolute Gasteiger partial charge is 0.227 e. The number of hydrogen-bond donors (Lipinski definition) is 1. The first-order chi connectivity index (χ1) is 10.3. The molecule has 1 N–H and O–H groups in total. The van der Waals surface area contributed by atoms with E-state index in [1.165, 1.54) is 5.56 Å². The van der Waals surface area contributed by atoms with Crippen LogP contribution < -0.4 is 10.1 Å². The molecule has 3 rings (SSSR count). The molecule has 2 heterocycles. The molecule has 6 heteroatoms. The second-order valence-corrected chi connectivity index (χ2v) is 4.96. The molecule has 1 aliphatic rings. The van der Waals surface area contributed by atoms with Crippen molar-refractivity contribution in [1.29, 1.82) is 0 Å². The zero-order valence-electron chi connectivity index (χ0n) is 12.0. The lowest BCUT2D eigenvalue weighted by atomic mass is 10.1. The van der Waals surface area contributed by atoms with Crippen LogP contribution in [0.1, 0.15) is 23.4 Å². The predicted octanol–water partition coefficient (Wildman–Crippen LogP) is 1.52. The van der Waals surface area contributed by atoms with Crippen LogP contribution in [0.2, 0.25) is 0 Å². The van der Waals surface area contributed by atoms with E-state index in [-0.39, 0.29) is 6.10 Å². The molecule has 1 fully saturated rings. The lowest BCUT2D eigenvalue weighted by Crippen LogP contribution is -2.33. The van der Waals surface area contributed by atoms with Crippen molar-refractivity contribution in [3.8, 4) is 5.75 Å². The Labute approximate surface area is 123 Å². The van der Waals surface area contributed by atoms with Gasteiger partial charge in [-0.2, -0.15) is 4.98 Å². The molecule has 2 aromatic rings. The number of benzene rings is 1. The summed E-state index contributed by atoms with van der Waals surface area (Å²) in [6.45, 7) is 2.29. The van der Waals surface area contributed by atoms with Crippen molar-refractivity contribution >= 4 is 0 Å². The summed E-state index contributed by atoms with van der Waals surface area (Å²) in [7, 11) is 1.66. The first-order valence-electron chi connectivity index (χ1n) is 7.13.